The monoisotopic (exact) mass is 262 g/mol. The van der Waals surface area contributed by atoms with Gasteiger partial charge in [0.15, 0.2) is 0 Å². The number of aromatic nitrogens is 3. The van der Waals surface area contributed by atoms with E-state index in [1.54, 1.807) is 6.92 Å². The number of hydrogen-bond acceptors (Lipinski definition) is 5. The van der Waals surface area contributed by atoms with Crippen molar-refractivity contribution in [2.75, 3.05) is 19.7 Å². The van der Waals surface area contributed by atoms with E-state index in [4.69, 9.17) is 4.74 Å². The minimum atomic E-state index is -0.337. The molecule has 100 valence electrons. The molecule has 7 heteroatoms. The average Bonchev–Trinajstić information content (AvgIpc) is 2.38. The van der Waals surface area contributed by atoms with Crippen LogP contribution < -0.4 is 16.4 Å². The summed E-state index contributed by atoms with van der Waals surface area (Å²) in [5, 5.41) is 3.56. The number of morpholine rings is 1. The number of pyridine rings is 1. The van der Waals surface area contributed by atoms with Crippen molar-refractivity contribution in [3.8, 4) is 0 Å². The van der Waals surface area contributed by atoms with Gasteiger partial charge in [-0.05, 0) is 6.92 Å². The Morgan fingerprint density at radius 1 is 1.37 bits per heavy atom. The first-order valence-corrected chi connectivity index (χ1v) is 6.11. The van der Waals surface area contributed by atoms with Crippen LogP contribution in [-0.4, -0.2) is 34.6 Å². The van der Waals surface area contributed by atoms with E-state index in [0.717, 1.165) is 6.54 Å². The summed E-state index contributed by atoms with van der Waals surface area (Å²) < 4.78 is 5.60. The van der Waals surface area contributed by atoms with E-state index in [0.29, 0.717) is 35.6 Å². The lowest BCUT2D eigenvalue weighted by Gasteiger charge is -2.24. The summed E-state index contributed by atoms with van der Waals surface area (Å²) in [5.74, 6) is 0.483. The van der Waals surface area contributed by atoms with Crippen LogP contribution in [0, 0.1) is 6.92 Å². The number of hydrogen-bond donors (Lipinski definition) is 3. The molecule has 2 aromatic rings. The lowest BCUT2D eigenvalue weighted by atomic mass is 10.1. The van der Waals surface area contributed by atoms with Crippen molar-refractivity contribution in [2.24, 2.45) is 0 Å². The molecule has 0 aliphatic carbocycles. The Bertz CT molecular complexity index is 728. The number of nitrogens with zero attached hydrogens (tertiary/aromatic N) is 1. The summed E-state index contributed by atoms with van der Waals surface area (Å²) in [6.45, 7) is 3.54. The molecule has 0 radical (unpaired) electrons. The zero-order valence-electron chi connectivity index (χ0n) is 10.4. The van der Waals surface area contributed by atoms with Gasteiger partial charge in [-0.25, -0.2) is 4.98 Å². The summed E-state index contributed by atoms with van der Waals surface area (Å²) in [6, 6.07) is 1.33. The molecule has 19 heavy (non-hydrogen) atoms. The smallest absolute Gasteiger partial charge is 0.260 e. The third-order valence-electron chi connectivity index (χ3n) is 3.11. The number of rotatable bonds is 1. The van der Waals surface area contributed by atoms with E-state index < -0.39 is 0 Å². The van der Waals surface area contributed by atoms with Crippen LogP contribution in [-0.2, 0) is 4.74 Å². The van der Waals surface area contributed by atoms with Crippen LogP contribution in [0.2, 0.25) is 0 Å². The first-order chi connectivity index (χ1) is 9.15. The van der Waals surface area contributed by atoms with Crippen molar-refractivity contribution in [3.63, 3.8) is 0 Å². The van der Waals surface area contributed by atoms with Crippen LogP contribution in [0.25, 0.3) is 10.9 Å². The van der Waals surface area contributed by atoms with Gasteiger partial charge in [-0.2, -0.15) is 0 Å². The summed E-state index contributed by atoms with van der Waals surface area (Å²) in [6.07, 6.45) is -0.337. The Kier molecular flexibility index (Phi) is 2.92. The Balaban J connectivity index is 2.28. The van der Waals surface area contributed by atoms with Gasteiger partial charge < -0.3 is 20.0 Å². The van der Waals surface area contributed by atoms with Gasteiger partial charge in [0.25, 0.3) is 5.56 Å². The molecule has 2 aromatic heterocycles. The predicted molar refractivity (Wildman–Crippen MR) is 69.3 cm³/mol. The SMILES string of the molecule is Cc1nc2cc(=O)[nH]c(C3CNCCO3)c2c(=O)[nH]1. The number of ether oxygens (including phenoxy) is 1. The highest BCUT2D eigenvalue weighted by molar-refractivity contribution is 5.80. The molecule has 1 atom stereocenters. The number of H-pyrrole nitrogens is 2. The van der Waals surface area contributed by atoms with Crippen molar-refractivity contribution in [2.45, 2.75) is 13.0 Å². The molecule has 0 saturated carbocycles. The number of aryl methyl sites for hydroxylation is 1. The third-order valence-corrected chi connectivity index (χ3v) is 3.11. The quantitative estimate of drug-likeness (QED) is 0.648. The Labute approximate surface area is 108 Å². The predicted octanol–water partition coefficient (Wildman–Crippen LogP) is -0.419. The Morgan fingerprint density at radius 3 is 2.95 bits per heavy atom. The zero-order valence-corrected chi connectivity index (χ0v) is 10.4. The molecule has 0 bridgehead atoms. The van der Waals surface area contributed by atoms with Gasteiger partial charge in [0.05, 0.1) is 23.2 Å². The van der Waals surface area contributed by atoms with Crippen LogP contribution in [0.4, 0.5) is 0 Å². The maximum Gasteiger partial charge on any atom is 0.260 e. The number of nitrogens with one attached hydrogen (secondary N) is 3. The van der Waals surface area contributed by atoms with Gasteiger partial charge >= 0.3 is 0 Å². The van der Waals surface area contributed by atoms with E-state index in [9.17, 15) is 9.59 Å². The van der Waals surface area contributed by atoms with E-state index in [1.165, 1.54) is 6.07 Å². The van der Waals surface area contributed by atoms with Crippen molar-refractivity contribution in [1.29, 1.82) is 0 Å². The van der Waals surface area contributed by atoms with Crippen LogP contribution in [0.3, 0.4) is 0 Å². The van der Waals surface area contributed by atoms with Crippen LogP contribution in [0.15, 0.2) is 15.7 Å². The zero-order chi connectivity index (χ0) is 13.4. The molecular weight excluding hydrogens is 248 g/mol. The summed E-state index contributed by atoms with van der Waals surface area (Å²) >= 11 is 0. The van der Waals surface area contributed by atoms with E-state index in [-0.39, 0.29) is 17.2 Å². The number of fused-ring (bicyclic) bond motifs is 1. The Hall–Kier alpha value is -1.99. The lowest BCUT2D eigenvalue weighted by Crippen LogP contribution is -2.35. The molecule has 3 rings (SSSR count). The third kappa shape index (κ3) is 2.18. The second kappa shape index (κ2) is 4.60. The highest BCUT2D eigenvalue weighted by Crippen LogP contribution is 2.20. The van der Waals surface area contributed by atoms with Gasteiger partial charge in [-0.3, -0.25) is 9.59 Å². The van der Waals surface area contributed by atoms with Crippen molar-refractivity contribution in [1.82, 2.24) is 20.3 Å². The van der Waals surface area contributed by atoms with Crippen LogP contribution in [0.1, 0.15) is 17.6 Å². The molecule has 1 aliphatic rings. The summed E-state index contributed by atoms with van der Waals surface area (Å²) in [5.41, 5.74) is 0.342. The van der Waals surface area contributed by atoms with Gasteiger partial charge in [-0.15, -0.1) is 0 Å². The fourth-order valence-corrected chi connectivity index (χ4v) is 2.32. The van der Waals surface area contributed by atoms with Gasteiger partial charge in [0, 0.05) is 19.2 Å². The first-order valence-electron chi connectivity index (χ1n) is 6.11. The topological polar surface area (TPSA) is 99.9 Å². The normalized spacial score (nSPS) is 19.7. The van der Waals surface area contributed by atoms with E-state index in [2.05, 4.69) is 20.3 Å². The molecule has 1 aliphatic heterocycles. The molecule has 1 unspecified atom stereocenters. The van der Waals surface area contributed by atoms with Crippen LogP contribution in [0.5, 0.6) is 0 Å². The molecular formula is C12H14N4O3. The standard InChI is InChI=1S/C12H14N4O3/c1-6-14-7-4-9(17)16-11(10(7)12(18)15-6)8-5-13-2-3-19-8/h4,8,13H,2-3,5H2,1H3,(H,16,17)(H,14,15,18). The highest BCUT2D eigenvalue weighted by atomic mass is 16.5. The molecule has 1 saturated heterocycles. The van der Waals surface area contributed by atoms with Crippen molar-refractivity contribution >= 4 is 10.9 Å². The molecule has 7 nitrogen and oxygen atoms in total. The summed E-state index contributed by atoms with van der Waals surface area (Å²) in [7, 11) is 0. The van der Waals surface area contributed by atoms with Crippen molar-refractivity contribution in [3.05, 3.63) is 38.3 Å². The maximum atomic E-state index is 12.1. The second-order valence-electron chi connectivity index (χ2n) is 4.52. The molecule has 1 fully saturated rings. The average molecular weight is 262 g/mol. The fraction of sp³-hybridized carbons (Fsp3) is 0.417. The minimum Gasteiger partial charge on any atom is -0.369 e. The number of aromatic amines is 2. The lowest BCUT2D eigenvalue weighted by molar-refractivity contribution is 0.0258. The van der Waals surface area contributed by atoms with Gasteiger partial charge in [0.2, 0.25) is 5.56 Å². The first kappa shape index (κ1) is 12.1. The Morgan fingerprint density at radius 2 is 2.21 bits per heavy atom. The van der Waals surface area contributed by atoms with E-state index in [1.807, 2.05) is 0 Å². The van der Waals surface area contributed by atoms with Crippen LogP contribution >= 0.6 is 0 Å². The fourth-order valence-electron chi connectivity index (χ4n) is 2.32. The highest BCUT2D eigenvalue weighted by Gasteiger charge is 2.21. The molecule has 0 amide bonds. The molecule has 3 heterocycles. The van der Waals surface area contributed by atoms with Gasteiger partial charge in [-0.1, -0.05) is 0 Å². The largest absolute Gasteiger partial charge is 0.369 e. The van der Waals surface area contributed by atoms with Gasteiger partial charge in [0.1, 0.15) is 11.9 Å². The molecule has 0 aromatic carbocycles. The molecule has 3 N–H and O–H groups in total. The maximum absolute atomic E-state index is 12.1. The van der Waals surface area contributed by atoms with E-state index >= 15 is 0 Å². The molecule has 0 spiro atoms. The van der Waals surface area contributed by atoms with Crippen molar-refractivity contribution < 1.29 is 4.74 Å². The summed E-state index contributed by atoms with van der Waals surface area (Å²) in [4.78, 5) is 33.3. The second-order valence-corrected chi connectivity index (χ2v) is 4.52. The minimum absolute atomic E-state index is 0.261.